The summed E-state index contributed by atoms with van der Waals surface area (Å²) in [5.41, 5.74) is 0.388. The number of hydrogen-bond acceptors (Lipinski definition) is 2. The minimum Gasteiger partial charge on any atom is -0.507 e. The van der Waals surface area contributed by atoms with E-state index in [4.69, 9.17) is 0 Å². The lowest BCUT2D eigenvalue weighted by atomic mass is 10.0. The van der Waals surface area contributed by atoms with Crippen molar-refractivity contribution in [1.82, 2.24) is 4.90 Å². The molecule has 4 heteroatoms. The minimum atomic E-state index is -0.0668. The monoisotopic (exact) mass is 311 g/mol. The van der Waals surface area contributed by atoms with Gasteiger partial charge in [0.1, 0.15) is 5.75 Å². The topological polar surface area (TPSA) is 40.5 Å². The largest absolute Gasteiger partial charge is 0.507 e. The van der Waals surface area contributed by atoms with Crippen LogP contribution in [0.25, 0.3) is 0 Å². The summed E-state index contributed by atoms with van der Waals surface area (Å²) in [7, 11) is 0. The summed E-state index contributed by atoms with van der Waals surface area (Å²) in [5.74, 6) is 0.669. The molecule has 1 aromatic rings. The Morgan fingerprint density at radius 2 is 2.17 bits per heavy atom. The Morgan fingerprint density at radius 3 is 2.94 bits per heavy atom. The van der Waals surface area contributed by atoms with Crippen LogP contribution >= 0.6 is 15.9 Å². The van der Waals surface area contributed by atoms with E-state index in [1.807, 2.05) is 4.90 Å². The first-order valence-electron chi connectivity index (χ1n) is 6.35. The van der Waals surface area contributed by atoms with Gasteiger partial charge in [-0.3, -0.25) is 4.79 Å². The molecule has 0 saturated carbocycles. The number of phenols is 1. The zero-order valence-corrected chi connectivity index (χ0v) is 12.1. The van der Waals surface area contributed by atoms with E-state index in [1.165, 1.54) is 6.42 Å². The molecule has 3 nitrogen and oxygen atoms in total. The van der Waals surface area contributed by atoms with Gasteiger partial charge >= 0.3 is 0 Å². The molecule has 0 bridgehead atoms. The Labute approximate surface area is 116 Å². The first-order valence-corrected chi connectivity index (χ1v) is 7.15. The Balaban J connectivity index is 2.17. The molecule has 1 N–H and O–H groups in total. The number of hydrogen-bond donors (Lipinski definition) is 1. The maximum Gasteiger partial charge on any atom is 0.257 e. The number of aromatic hydroxyl groups is 1. The lowest BCUT2D eigenvalue weighted by Crippen LogP contribution is -2.32. The normalized spacial score (nSPS) is 20.6. The minimum absolute atomic E-state index is 0.0560. The van der Waals surface area contributed by atoms with Gasteiger partial charge in [0.2, 0.25) is 0 Å². The van der Waals surface area contributed by atoms with Crippen LogP contribution in [0.4, 0.5) is 0 Å². The molecule has 1 aliphatic heterocycles. The fourth-order valence-electron chi connectivity index (χ4n) is 2.32. The van der Waals surface area contributed by atoms with E-state index in [-0.39, 0.29) is 11.7 Å². The van der Waals surface area contributed by atoms with E-state index in [1.54, 1.807) is 18.2 Å². The predicted octanol–water partition coefficient (Wildman–Crippen LogP) is 3.42. The van der Waals surface area contributed by atoms with E-state index in [2.05, 4.69) is 22.9 Å². The van der Waals surface area contributed by atoms with E-state index >= 15 is 0 Å². The molecule has 1 aromatic carbocycles. The van der Waals surface area contributed by atoms with Crippen LogP contribution in [0.1, 0.15) is 36.5 Å². The smallest absolute Gasteiger partial charge is 0.257 e. The van der Waals surface area contributed by atoms with Crippen molar-refractivity contribution < 1.29 is 9.90 Å². The molecular formula is C14H18BrNO2. The van der Waals surface area contributed by atoms with Gasteiger partial charge in [-0.15, -0.1) is 0 Å². The summed E-state index contributed by atoms with van der Waals surface area (Å²) in [6.07, 6.45) is 3.26. The molecule has 1 aliphatic rings. The van der Waals surface area contributed by atoms with Gasteiger partial charge in [-0.05, 0) is 43.4 Å². The summed E-state index contributed by atoms with van der Waals surface area (Å²) < 4.78 is 0.812. The van der Waals surface area contributed by atoms with E-state index < -0.39 is 0 Å². The van der Waals surface area contributed by atoms with Crippen LogP contribution in [0.5, 0.6) is 5.75 Å². The molecule has 1 unspecified atom stereocenters. The van der Waals surface area contributed by atoms with Crippen LogP contribution in [0.3, 0.4) is 0 Å². The molecule has 0 spiro atoms. The summed E-state index contributed by atoms with van der Waals surface area (Å²) in [4.78, 5) is 14.2. The number of amides is 1. The second-order valence-electron chi connectivity index (χ2n) is 4.99. The number of rotatable bonds is 1. The average molecular weight is 312 g/mol. The zero-order chi connectivity index (χ0) is 13.1. The van der Waals surface area contributed by atoms with Crippen molar-refractivity contribution in [1.29, 1.82) is 0 Å². The SMILES string of the molecule is CC1CCCN(C(=O)c2cc(Br)ccc2O)CC1. The highest BCUT2D eigenvalue weighted by Crippen LogP contribution is 2.25. The van der Waals surface area contributed by atoms with Crippen molar-refractivity contribution >= 4 is 21.8 Å². The number of benzene rings is 1. The van der Waals surface area contributed by atoms with Crippen LogP contribution in [0, 0.1) is 5.92 Å². The highest BCUT2D eigenvalue weighted by Gasteiger charge is 2.21. The summed E-state index contributed by atoms with van der Waals surface area (Å²) >= 11 is 3.33. The molecule has 98 valence electrons. The number of carbonyl (C=O) groups excluding carboxylic acids is 1. The fourth-order valence-corrected chi connectivity index (χ4v) is 2.68. The van der Waals surface area contributed by atoms with Crippen LogP contribution in [0.15, 0.2) is 22.7 Å². The zero-order valence-electron chi connectivity index (χ0n) is 10.5. The third kappa shape index (κ3) is 3.05. The van der Waals surface area contributed by atoms with Crippen LogP contribution < -0.4 is 0 Å². The molecule has 0 radical (unpaired) electrons. The molecule has 1 amide bonds. The number of halogens is 1. The second kappa shape index (κ2) is 5.74. The van der Waals surface area contributed by atoms with Crippen molar-refractivity contribution in [3.63, 3.8) is 0 Å². The van der Waals surface area contributed by atoms with Gasteiger partial charge in [-0.2, -0.15) is 0 Å². The van der Waals surface area contributed by atoms with Crippen LogP contribution in [-0.2, 0) is 0 Å². The third-order valence-corrected chi connectivity index (χ3v) is 3.99. The highest BCUT2D eigenvalue weighted by atomic mass is 79.9. The summed E-state index contributed by atoms with van der Waals surface area (Å²) in [6.45, 7) is 3.80. The molecule has 1 heterocycles. The third-order valence-electron chi connectivity index (χ3n) is 3.49. The second-order valence-corrected chi connectivity index (χ2v) is 5.91. The summed E-state index contributed by atoms with van der Waals surface area (Å²) in [5, 5.41) is 9.79. The van der Waals surface area contributed by atoms with Gasteiger partial charge in [0.15, 0.2) is 0 Å². The molecule has 0 aromatic heterocycles. The van der Waals surface area contributed by atoms with Gasteiger partial charge in [0, 0.05) is 17.6 Å². The molecule has 0 aliphatic carbocycles. The van der Waals surface area contributed by atoms with Gasteiger partial charge < -0.3 is 10.0 Å². The quantitative estimate of drug-likeness (QED) is 0.863. The molecule has 1 fully saturated rings. The first-order chi connectivity index (χ1) is 8.58. The fraction of sp³-hybridized carbons (Fsp3) is 0.500. The molecular weight excluding hydrogens is 294 g/mol. The van der Waals surface area contributed by atoms with Crippen molar-refractivity contribution in [2.24, 2.45) is 5.92 Å². The molecule has 2 rings (SSSR count). The van der Waals surface area contributed by atoms with Crippen molar-refractivity contribution in [3.8, 4) is 5.75 Å². The van der Waals surface area contributed by atoms with Crippen molar-refractivity contribution in [2.45, 2.75) is 26.2 Å². The van der Waals surface area contributed by atoms with Gasteiger partial charge in [-0.1, -0.05) is 22.9 Å². The standard InChI is InChI=1S/C14H18BrNO2/c1-10-3-2-7-16(8-6-10)14(18)12-9-11(15)4-5-13(12)17/h4-5,9-10,17H,2-3,6-8H2,1H3. The van der Waals surface area contributed by atoms with Crippen molar-refractivity contribution in [2.75, 3.05) is 13.1 Å². The number of phenolic OH excluding ortho intramolecular Hbond substituents is 1. The Morgan fingerprint density at radius 1 is 1.39 bits per heavy atom. The molecule has 18 heavy (non-hydrogen) atoms. The van der Waals surface area contributed by atoms with Crippen LogP contribution in [-0.4, -0.2) is 29.0 Å². The Bertz CT molecular complexity index is 447. The van der Waals surface area contributed by atoms with E-state index in [9.17, 15) is 9.90 Å². The predicted molar refractivity (Wildman–Crippen MR) is 74.7 cm³/mol. The Hall–Kier alpha value is -1.03. The molecule has 1 saturated heterocycles. The van der Waals surface area contributed by atoms with E-state index in [0.29, 0.717) is 11.5 Å². The summed E-state index contributed by atoms with van der Waals surface area (Å²) in [6, 6.07) is 4.97. The lowest BCUT2D eigenvalue weighted by molar-refractivity contribution is 0.0757. The number of likely N-dealkylation sites (tertiary alicyclic amines) is 1. The maximum absolute atomic E-state index is 12.4. The Kier molecular flexibility index (Phi) is 4.27. The maximum atomic E-state index is 12.4. The van der Waals surface area contributed by atoms with E-state index in [0.717, 1.165) is 30.4 Å². The average Bonchev–Trinajstić information content (AvgIpc) is 2.56. The van der Waals surface area contributed by atoms with Crippen LogP contribution in [0.2, 0.25) is 0 Å². The molecule has 1 atom stereocenters. The van der Waals surface area contributed by atoms with Gasteiger partial charge in [0.05, 0.1) is 5.56 Å². The lowest BCUT2D eigenvalue weighted by Gasteiger charge is -2.21. The number of nitrogens with zero attached hydrogens (tertiary/aromatic N) is 1. The van der Waals surface area contributed by atoms with Gasteiger partial charge in [-0.25, -0.2) is 0 Å². The number of carbonyl (C=O) groups is 1. The highest BCUT2D eigenvalue weighted by molar-refractivity contribution is 9.10. The van der Waals surface area contributed by atoms with Gasteiger partial charge in [0.25, 0.3) is 5.91 Å². The first kappa shape index (κ1) is 13.4. The van der Waals surface area contributed by atoms with Crippen molar-refractivity contribution in [3.05, 3.63) is 28.2 Å².